The van der Waals surface area contributed by atoms with Crippen LogP contribution in [-0.2, 0) is 11.8 Å². The smallest absolute Gasteiger partial charge is 0.350 e. The summed E-state index contributed by atoms with van der Waals surface area (Å²) in [6.45, 7) is 1.39. The molecule has 1 amide bonds. The number of para-hydroxylation sites is 3. The van der Waals surface area contributed by atoms with Crippen LogP contribution in [0.2, 0.25) is 0 Å². The van der Waals surface area contributed by atoms with Gasteiger partial charge in [-0.3, -0.25) is 4.79 Å². The summed E-state index contributed by atoms with van der Waals surface area (Å²) >= 11 is 0. The van der Waals surface area contributed by atoms with Gasteiger partial charge in [-0.1, -0.05) is 30.3 Å². The van der Waals surface area contributed by atoms with E-state index in [1.54, 1.807) is 11.6 Å². The van der Waals surface area contributed by atoms with E-state index in [4.69, 9.17) is 9.47 Å². The summed E-state index contributed by atoms with van der Waals surface area (Å²) < 4.78 is 14.6. The molecule has 1 aromatic heterocycles. The lowest BCUT2D eigenvalue weighted by atomic mass is 9.95. The number of piperidine rings is 1. The Balaban J connectivity index is 1.29. The van der Waals surface area contributed by atoms with E-state index in [0.717, 1.165) is 24.4 Å². The number of aromatic nitrogens is 3. The molecule has 1 fully saturated rings. The molecule has 0 spiro atoms. The van der Waals surface area contributed by atoms with Crippen LogP contribution in [0.3, 0.4) is 0 Å². The van der Waals surface area contributed by atoms with Gasteiger partial charge >= 0.3 is 5.69 Å². The van der Waals surface area contributed by atoms with E-state index >= 15 is 0 Å². The van der Waals surface area contributed by atoms with Gasteiger partial charge in [0.25, 0.3) is 5.91 Å². The molecule has 5 rings (SSSR count). The number of hydrogen-bond acceptors (Lipinski definition) is 5. The fourth-order valence-corrected chi connectivity index (χ4v) is 4.27. The SMILES string of the molecule is Cn1nc(C2CCN(C(=O)[C@H]3COc4ccccc4O3)CC2)n(-c2ccccc2)c1=O. The Morgan fingerprint density at radius 2 is 1.68 bits per heavy atom. The van der Waals surface area contributed by atoms with Crippen molar-refractivity contribution < 1.29 is 14.3 Å². The van der Waals surface area contributed by atoms with Crippen LogP contribution in [0, 0.1) is 0 Å². The van der Waals surface area contributed by atoms with Gasteiger partial charge in [0.1, 0.15) is 12.4 Å². The zero-order chi connectivity index (χ0) is 21.4. The van der Waals surface area contributed by atoms with Crippen LogP contribution in [0.15, 0.2) is 59.4 Å². The zero-order valence-electron chi connectivity index (χ0n) is 17.3. The second-order valence-corrected chi connectivity index (χ2v) is 7.90. The van der Waals surface area contributed by atoms with E-state index in [-0.39, 0.29) is 24.1 Å². The fourth-order valence-electron chi connectivity index (χ4n) is 4.27. The number of rotatable bonds is 3. The maximum Gasteiger partial charge on any atom is 0.350 e. The molecule has 1 atom stereocenters. The van der Waals surface area contributed by atoms with Crippen molar-refractivity contribution in [2.45, 2.75) is 24.9 Å². The monoisotopic (exact) mass is 420 g/mol. The molecule has 0 N–H and O–H groups in total. The van der Waals surface area contributed by atoms with Crippen LogP contribution in [0.5, 0.6) is 11.5 Å². The lowest BCUT2D eigenvalue weighted by Crippen LogP contribution is -2.49. The third-order valence-electron chi connectivity index (χ3n) is 5.92. The van der Waals surface area contributed by atoms with Gasteiger partial charge in [0.2, 0.25) is 6.10 Å². The molecule has 2 aromatic carbocycles. The van der Waals surface area contributed by atoms with Crippen LogP contribution in [0.25, 0.3) is 5.69 Å². The number of fused-ring (bicyclic) bond motifs is 1. The third-order valence-corrected chi connectivity index (χ3v) is 5.92. The normalized spacial score (nSPS) is 18.7. The summed E-state index contributed by atoms with van der Waals surface area (Å²) in [5, 5.41) is 4.51. The van der Waals surface area contributed by atoms with Gasteiger partial charge in [-0.15, -0.1) is 0 Å². The molecule has 0 unspecified atom stereocenters. The van der Waals surface area contributed by atoms with Gasteiger partial charge in [0.15, 0.2) is 11.5 Å². The maximum absolute atomic E-state index is 13.0. The molecule has 8 heteroatoms. The molecule has 2 aliphatic rings. The number of aryl methyl sites for hydroxylation is 1. The number of nitrogens with zero attached hydrogens (tertiary/aromatic N) is 4. The van der Waals surface area contributed by atoms with Crippen molar-refractivity contribution in [2.75, 3.05) is 19.7 Å². The second kappa shape index (κ2) is 7.94. The first-order valence-corrected chi connectivity index (χ1v) is 10.5. The molecule has 8 nitrogen and oxygen atoms in total. The van der Waals surface area contributed by atoms with E-state index in [1.165, 1.54) is 4.68 Å². The van der Waals surface area contributed by atoms with Crippen LogP contribution in [0.4, 0.5) is 0 Å². The maximum atomic E-state index is 13.0. The second-order valence-electron chi connectivity index (χ2n) is 7.90. The number of benzene rings is 2. The van der Waals surface area contributed by atoms with E-state index in [2.05, 4.69) is 5.10 Å². The summed E-state index contributed by atoms with van der Waals surface area (Å²) in [4.78, 5) is 27.5. The summed E-state index contributed by atoms with van der Waals surface area (Å²) in [6, 6.07) is 16.9. The molecule has 1 saturated heterocycles. The quantitative estimate of drug-likeness (QED) is 0.649. The van der Waals surface area contributed by atoms with Crippen LogP contribution in [-0.4, -0.2) is 51.0 Å². The van der Waals surface area contributed by atoms with E-state index in [9.17, 15) is 9.59 Å². The number of carbonyl (C=O) groups excluding carboxylic acids is 1. The lowest BCUT2D eigenvalue weighted by molar-refractivity contribution is -0.142. The molecule has 2 aliphatic heterocycles. The summed E-state index contributed by atoms with van der Waals surface area (Å²) in [6.07, 6.45) is 0.835. The first-order chi connectivity index (χ1) is 15.1. The minimum absolute atomic E-state index is 0.0607. The minimum Gasteiger partial charge on any atom is -0.485 e. The van der Waals surface area contributed by atoms with Crippen LogP contribution in [0.1, 0.15) is 24.6 Å². The molecular formula is C23H24N4O4. The minimum atomic E-state index is -0.635. The highest BCUT2D eigenvalue weighted by Gasteiger charge is 2.34. The van der Waals surface area contributed by atoms with Crippen molar-refractivity contribution in [3.63, 3.8) is 0 Å². The van der Waals surface area contributed by atoms with Crippen LogP contribution >= 0.6 is 0 Å². The van der Waals surface area contributed by atoms with E-state index in [1.807, 2.05) is 59.5 Å². The van der Waals surface area contributed by atoms with Gasteiger partial charge in [-0.05, 0) is 37.1 Å². The Bertz CT molecular complexity index is 1150. The number of ether oxygens (including phenoxy) is 2. The van der Waals surface area contributed by atoms with Crippen LogP contribution < -0.4 is 15.2 Å². The Morgan fingerprint density at radius 3 is 2.42 bits per heavy atom. The predicted molar refractivity (Wildman–Crippen MR) is 114 cm³/mol. The van der Waals surface area contributed by atoms with Gasteiger partial charge in [-0.2, -0.15) is 5.10 Å². The number of amides is 1. The van der Waals surface area contributed by atoms with Crippen molar-refractivity contribution in [1.82, 2.24) is 19.2 Å². The lowest BCUT2D eigenvalue weighted by Gasteiger charge is -2.35. The molecule has 0 saturated carbocycles. The molecule has 31 heavy (non-hydrogen) atoms. The Hall–Kier alpha value is -3.55. The molecule has 0 aliphatic carbocycles. The molecule has 3 aromatic rings. The van der Waals surface area contributed by atoms with Crippen molar-refractivity contribution in [3.8, 4) is 17.2 Å². The van der Waals surface area contributed by atoms with Gasteiger partial charge < -0.3 is 14.4 Å². The van der Waals surface area contributed by atoms with Crippen molar-refractivity contribution in [2.24, 2.45) is 7.05 Å². The number of likely N-dealkylation sites (tertiary alicyclic amines) is 1. The summed E-state index contributed by atoms with van der Waals surface area (Å²) in [5.41, 5.74) is 0.645. The highest BCUT2D eigenvalue weighted by molar-refractivity contribution is 5.82. The topological polar surface area (TPSA) is 78.6 Å². The third kappa shape index (κ3) is 3.58. The largest absolute Gasteiger partial charge is 0.485 e. The highest BCUT2D eigenvalue weighted by atomic mass is 16.6. The average Bonchev–Trinajstić information content (AvgIpc) is 3.13. The zero-order valence-corrected chi connectivity index (χ0v) is 17.3. The fraction of sp³-hybridized carbons (Fsp3) is 0.348. The first kappa shape index (κ1) is 19.4. The summed E-state index contributed by atoms with van der Waals surface area (Å²) in [7, 11) is 1.67. The molecule has 3 heterocycles. The Kier molecular flexibility index (Phi) is 4.97. The Morgan fingerprint density at radius 1 is 1.00 bits per heavy atom. The molecular weight excluding hydrogens is 396 g/mol. The molecule has 0 radical (unpaired) electrons. The van der Waals surface area contributed by atoms with Crippen molar-refractivity contribution >= 4 is 5.91 Å². The Labute approximate surface area is 179 Å². The van der Waals surface area contributed by atoms with Gasteiger partial charge in [0.05, 0.1) is 5.69 Å². The first-order valence-electron chi connectivity index (χ1n) is 10.5. The van der Waals surface area contributed by atoms with Gasteiger partial charge in [-0.25, -0.2) is 14.0 Å². The van der Waals surface area contributed by atoms with E-state index < -0.39 is 6.10 Å². The highest BCUT2D eigenvalue weighted by Crippen LogP contribution is 2.32. The summed E-state index contributed by atoms with van der Waals surface area (Å²) in [5.74, 6) is 2.05. The number of carbonyl (C=O) groups is 1. The standard InChI is InChI=1S/C23H24N4O4/c1-25-23(29)27(17-7-3-2-4-8-17)21(24-25)16-11-13-26(14-12-16)22(28)20-15-30-18-9-5-6-10-19(18)31-20/h2-10,16,20H,11-15H2,1H3/t20-/m1/s1. The molecule has 0 bridgehead atoms. The van der Waals surface area contributed by atoms with Gasteiger partial charge in [0, 0.05) is 26.1 Å². The predicted octanol–water partition coefficient (Wildman–Crippen LogP) is 2.12. The van der Waals surface area contributed by atoms with Crippen molar-refractivity contribution in [3.05, 3.63) is 70.9 Å². The van der Waals surface area contributed by atoms with Crippen molar-refractivity contribution in [1.29, 1.82) is 0 Å². The van der Waals surface area contributed by atoms with E-state index in [0.29, 0.717) is 24.6 Å². The molecule has 160 valence electrons. The average molecular weight is 420 g/mol. The number of hydrogen-bond donors (Lipinski definition) is 0.